The lowest BCUT2D eigenvalue weighted by atomic mass is 10.1. The van der Waals surface area contributed by atoms with Crippen LogP contribution in [0, 0.1) is 0 Å². The van der Waals surface area contributed by atoms with Crippen molar-refractivity contribution < 1.29 is 4.21 Å². The van der Waals surface area contributed by atoms with Crippen LogP contribution in [-0.4, -0.2) is 15.7 Å². The summed E-state index contributed by atoms with van der Waals surface area (Å²) in [6.45, 7) is 4.40. The highest BCUT2D eigenvalue weighted by atomic mass is 32.2. The van der Waals surface area contributed by atoms with Gasteiger partial charge in [0.15, 0.2) is 0 Å². The summed E-state index contributed by atoms with van der Waals surface area (Å²) in [4.78, 5) is 0. The van der Waals surface area contributed by atoms with Crippen molar-refractivity contribution in [3.63, 3.8) is 0 Å². The number of rotatable bonds is 8. The topological polar surface area (TPSA) is 17.1 Å². The van der Waals surface area contributed by atoms with E-state index in [1.54, 1.807) is 0 Å². The van der Waals surface area contributed by atoms with Gasteiger partial charge in [0.25, 0.3) is 0 Å². The summed E-state index contributed by atoms with van der Waals surface area (Å²) in [6, 6.07) is 0. The van der Waals surface area contributed by atoms with Crippen molar-refractivity contribution in [2.24, 2.45) is 0 Å². The minimum atomic E-state index is -0.609. The first-order chi connectivity index (χ1) is 6.22. The van der Waals surface area contributed by atoms with Gasteiger partial charge in [-0.05, 0) is 12.8 Å². The predicted molar refractivity (Wildman–Crippen MR) is 61.5 cm³/mol. The summed E-state index contributed by atoms with van der Waals surface area (Å²) < 4.78 is 11.3. The second kappa shape index (κ2) is 8.74. The zero-order valence-corrected chi connectivity index (χ0v) is 10.2. The first-order valence-electron chi connectivity index (χ1n) is 5.54. The van der Waals surface area contributed by atoms with E-state index in [1.165, 1.54) is 25.7 Å². The molecule has 2 atom stereocenters. The van der Waals surface area contributed by atoms with E-state index in [2.05, 4.69) is 13.8 Å². The molecular weight excluding hydrogens is 180 g/mol. The monoisotopic (exact) mass is 204 g/mol. The van der Waals surface area contributed by atoms with Crippen molar-refractivity contribution in [1.29, 1.82) is 0 Å². The lowest BCUT2D eigenvalue weighted by molar-refractivity contribution is 0.580. The molecule has 80 valence electrons. The molecular formula is C11H24OS. The van der Waals surface area contributed by atoms with Crippen molar-refractivity contribution in [2.75, 3.05) is 6.26 Å². The fourth-order valence-electron chi connectivity index (χ4n) is 1.60. The Morgan fingerprint density at radius 3 is 2.15 bits per heavy atom. The van der Waals surface area contributed by atoms with Gasteiger partial charge in [0, 0.05) is 22.3 Å². The Kier molecular flexibility index (Phi) is 8.84. The van der Waals surface area contributed by atoms with E-state index in [1.807, 2.05) is 6.26 Å². The molecule has 0 aliphatic heterocycles. The van der Waals surface area contributed by atoms with E-state index in [0.29, 0.717) is 5.25 Å². The molecule has 0 bridgehead atoms. The van der Waals surface area contributed by atoms with E-state index < -0.39 is 10.8 Å². The van der Waals surface area contributed by atoms with Gasteiger partial charge in [-0.1, -0.05) is 46.0 Å². The van der Waals surface area contributed by atoms with Crippen LogP contribution >= 0.6 is 0 Å². The Morgan fingerprint density at radius 1 is 1.00 bits per heavy atom. The third-order valence-corrected chi connectivity index (χ3v) is 3.87. The molecule has 0 N–H and O–H groups in total. The Labute approximate surface area is 85.8 Å². The van der Waals surface area contributed by atoms with Crippen LogP contribution in [0.4, 0.5) is 0 Å². The van der Waals surface area contributed by atoms with Crippen molar-refractivity contribution in [1.82, 2.24) is 0 Å². The lowest BCUT2D eigenvalue weighted by Gasteiger charge is -2.12. The van der Waals surface area contributed by atoms with E-state index >= 15 is 0 Å². The van der Waals surface area contributed by atoms with Gasteiger partial charge < -0.3 is 0 Å². The predicted octanol–water partition coefficient (Wildman–Crippen LogP) is 3.50. The maximum atomic E-state index is 11.3. The Bertz CT molecular complexity index is 134. The normalized spacial score (nSPS) is 15.6. The molecule has 0 aliphatic rings. The molecule has 1 nitrogen and oxygen atoms in total. The summed E-state index contributed by atoms with van der Waals surface area (Å²) in [5, 5.41) is 0.460. The molecule has 0 saturated carbocycles. The van der Waals surface area contributed by atoms with Gasteiger partial charge in [0.2, 0.25) is 0 Å². The maximum absolute atomic E-state index is 11.3. The summed E-state index contributed by atoms with van der Waals surface area (Å²) in [6.07, 6.45) is 10.5. The third kappa shape index (κ3) is 7.24. The molecule has 0 aromatic heterocycles. The SMILES string of the molecule is CCCCCCC(CCC)S(C)=O. The number of unbranched alkanes of at least 4 members (excludes halogenated alkanes) is 3. The largest absolute Gasteiger partial charge is 0.260 e. The first kappa shape index (κ1) is 13.2. The molecule has 2 heteroatoms. The van der Waals surface area contributed by atoms with Crippen LogP contribution in [0.2, 0.25) is 0 Å². The molecule has 13 heavy (non-hydrogen) atoms. The smallest absolute Gasteiger partial charge is 0.0345 e. The van der Waals surface area contributed by atoms with Crippen LogP contribution < -0.4 is 0 Å². The summed E-state index contributed by atoms with van der Waals surface area (Å²) in [5.41, 5.74) is 0. The Hall–Kier alpha value is 0.150. The van der Waals surface area contributed by atoms with Gasteiger partial charge in [-0.2, -0.15) is 0 Å². The van der Waals surface area contributed by atoms with Crippen LogP contribution in [0.25, 0.3) is 0 Å². The van der Waals surface area contributed by atoms with E-state index in [0.717, 1.165) is 19.3 Å². The average Bonchev–Trinajstić information content (AvgIpc) is 2.10. The van der Waals surface area contributed by atoms with Crippen LogP contribution in [0.15, 0.2) is 0 Å². The van der Waals surface area contributed by atoms with Crippen molar-refractivity contribution in [2.45, 2.75) is 64.0 Å². The second-order valence-corrected chi connectivity index (χ2v) is 5.42. The van der Waals surface area contributed by atoms with Crippen LogP contribution in [0.5, 0.6) is 0 Å². The van der Waals surface area contributed by atoms with Gasteiger partial charge >= 0.3 is 0 Å². The highest BCUT2D eigenvalue weighted by Gasteiger charge is 2.10. The molecule has 0 spiro atoms. The molecule has 0 amide bonds. The highest BCUT2D eigenvalue weighted by molar-refractivity contribution is 7.84. The van der Waals surface area contributed by atoms with E-state index in [9.17, 15) is 4.21 Å². The van der Waals surface area contributed by atoms with Crippen molar-refractivity contribution in [3.8, 4) is 0 Å². The lowest BCUT2D eigenvalue weighted by Crippen LogP contribution is -2.13. The number of hydrogen-bond donors (Lipinski definition) is 0. The Balaban J connectivity index is 3.51. The quantitative estimate of drug-likeness (QED) is 0.553. The fraction of sp³-hybridized carbons (Fsp3) is 1.00. The minimum Gasteiger partial charge on any atom is -0.260 e. The molecule has 0 aromatic rings. The first-order valence-corrected chi connectivity index (χ1v) is 7.16. The standard InChI is InChI=1S/C11H24OS/c1-4-6-7-8-10-11(9-5-2)13(3)12/h11H,4-10H2,1-3H3. The van der Waals surface area contributed by atoms with Crippen molar-refractivity contribution >= 4 is 10.8 Å². The van der Waals surface area contributed by atoms with Crippen molar-refractivity contribution in [3.05, 3.63) is 0 Å². The van der Waals surface area contributed by atoms with Gasteiger partial charge in [-0.15, -0.1) is 0 Å². The molecule has 0 rings (SSSR count). The maximum Gasteiger partial charge on any atom is 0.0345 e. The van der Waals surface area contributed by atoms with Gasteiger partial charge in [-0.25, -0.2) is 0 Å². The van der Waals surface area contributed by atoms with E-state index in [-0.39, 0.29) is 0 Å². The second-order valence-electron chi connectivity index (χ2n) is 3.76. The molecule has 0 heterocycles. The Morgan fingerprint density at radius 2 is 1.69 bits per heavy atom. The van der Waals surface area contributed by atoms with Gasteiger partial charge in [0.1, 0.15) is 0 Å². The molecule has 0 aliphatic carbocycles. The zero-order chi connectivity index (χ0) is 10.1. The molecule has 2 unspecified atom stereocenters. The fourth-order valence-corrected chi connectivity index (χ4v) is 2.66. The zero-order valence-electron chi connectivity index (χ0n) is 9.34. The minimum absolute atomic E-state index is 0.460. The molecule has 0 fully saturated rings. The highest BCUT2D eigenvalue weighted by Crippen LogP contribution is 2.13. The summed E-state index contributed by atoms with van der Waals surface area (Å²) in [7, 11) is -0.609. The summed E-state index contributed by atoms with van der Waals surface area (Å²) in [5.74, 6) is 0. The van der Waals surface area contributed by atoms with Gasteiger partial charge in [0.05, 0.1) is 0 Å². The molecule has 0 radical (unpaired) electrons. The summed E-state index contributed by atoms with van der Waals surface area (Å²) >= 11 is 0. The van der Waals surface area contributed by atoms with Crippen LogP contribution in [0.1, 0.15) is 58.8 Å². The molecule has 0 aromatic carbocycles. The molecule has 0 saturated heterocycles. The van der Waals surface area contributed by atoms with E-state index in [4.69, 9.17) is 0 Å². The third-order valence-electron chi connectivity index (χ3n) is 2.46. The van der Waals surface area contributed by atoms with Crippen LogP contribution in [-0.2, 0) is 10.8 Å². The number of hydrogen-bond acceptors (Lipinski definition) is 1. The van der Waals surface area contributed by atoms with Crippen LogP contribution in [0.3, 0.4) is 0 Å². The average molecular weight is 204 g/mol. The van der Waals surface area contributed by atoms with Gasteiger partial charge in [-0.3, -0.25) is 4.21 Å².